The lowest BCUT2D eigenvalue weighted by atomic mass is 10.0. The van der Waals surface area contributed by atoms with Gasteiger partial charge in [0, 0.05) is 17.5 Å². The number of aliphatic hydroxyl groups is 1. The van der Waals surface area contributed by atoms with Crippen LogP contribution < -0.4 is 0 Å². The number of pyridine rings is 1. The topological polar surface area (TPSA) is 53.4 Å². The van der Waals surface area contributed by atoms with Crippen LogP contribution in [0, 0.1) is 5.82 Å². The van der Waals surface area contributed by atoms with E-state index in [1.807, 2.05) is 30.3 Å². The number of carbonyl (C=O) groups is 1. The molecule has 1 aromatic heterocycles. The highest BCUT2D eigenvalue weighted by Gasteiger charge is 2.30. The third-order valence-electron chi connectivity index (χ3n) is 4.94. The smallest absolute Gasteiger partial charge is 0.254 e. The van der Waals surface area contributed by atoms with Gasteiger partial charge in [0.15, 0.2) is 0 Å². The maximum absolute atomic E-state index is 14.4. The Bertz CT molecular complexity index is 959. The minimum absolute atomic E-state index is 0.0609. The number of aliphatic hydroxyl groups excluding tert-OH is 1. The molecule has 1 N–H and O–H groups in total. The van der Waals surface area contributed by atoms with Crippen LogP contribution in [0.1, 0.15) is 23.2 Å². The van der Waals surface area contributed by atoms with Crippen LogP contribution in [0.2, 0.25) is 0 Å². The van der Waals surface area contributed by atoms with Gasteiger partial charge in [0.1, 0.15) is 11.3 Å². The molecule has 0 aliphatic carbocycles. The summed E-state index contributed by atoms with van der Waals surface area (Å²) in [4.78, 5) is 19.3. The number of benzene rings is 2. The van der Waals surface area contributed by atoms with Gasteiger partial charge in [0.05, 0.1) is 23.9 Å². The molecule has 26 heavy (non-hydrogen) atoms. The number of fused-ring (bicyclic) bond motifs is 1. The molecule has 1 atom stereocenters. The highest BCUT2D eigenvalue weighted by atomic mass is 19.1. The van der Waals surface area contributed by atoms with E-state index in [0.29, 0.717) is 23.2 Å². The van der Waals surface area contributed by atoms with E-state index in [4.69, 9.17) is 0 Å². The Balaban J connectivity index is 1.90. The summed E-state index contributed by atoms with van der Waals surface area (Å²) in [5.74, 6) is -0.633. The number of rotatable bonds is 3. The summed E-state index contributed by atoms with van der Waals surface area (Å²) >= 11 is 0. The molecule has 4 nitrogen and oxygen atoms in total. The highest BCUT2D eigenvalue weighted by molar-refractivity contribution is 6.07. The Morgan fingerprint density at radius 2 is 2.00 bits per heavy atom. The Kier molecular flexibility index (Phi) is 4.39. The molecule has 1 amide bonds. The maximum atomic E-state index is 14.4. The van der Waals surface area contributed by atoms with Crippen molar-refractivity contribution in [1.29, 1.82) is 0 Å². The van der Waals surface area contributed by atoms with Crippen LogP contribution in [0.5, 0.6) is 0 Å². The number of amides is 1. The summed E-state index contributed by atoms with van der Waals surface area (Å²) < 4.78 is 14.4. The van der Waals surface area contributed by atoms with E-state index in [2.05, 4.69) is 4.98 Å². The monoisotopic (exact) mass is 350 g/mol. The van der Waals surface area contributed by atoms with Crippen molar-refractivity contribution >= 4 is 16.8 Å². The molecular weight excluding hydrogens is 331 g/mol. The van der Waals surface area contributed by atoms with Crippen molar-refractivity contribution in [2.75, 3.05) is 13.2 Å². The standard InChI is InChI=1S/C21H19FN2O2/c22-18-10-4-9-16-17(21(26)24-11-5-8-15(24)13-25)12-19(23-20(16)18)14-6-2-1-3-7-14/h1-4,6-7,9-10,12,15,25H,5,8,11,13H2/t15-/m1/s1. The molecule has 0 unspecified atom stereocenters. The maximum Gasteiger partial charge on any atom is 0.254 e. The second-order valence-corrected chi connectivity index (χ2v) is 6.53. The SMILES string of the molecule is O=C(c1cc(-c2ccccc2)nc2c(F)cccc12)N1CCC[C@@H]1CO. The predicted octanol–water partition coefficient (Wildman–Crippen LogP) is 3.64. The Labute approximate surface area is 150 Å². The number of carbonyl (C=O) groups excluding carboxylic acids is 1. The van der Waals surface area contributed by atoms with Crippen molar-refractivity contribution < 1.29 is 14.3 Å². The van der Waals surface area contributed by atoms with E-state index in [1.165, 1.54) is 6.07 Å². The van der Waals surface area contributed by atoms with Crippen molar-refractivity contribution in [2.24, 2.45) is 0 Å². The van der Waals surface area contributed by atoms with Gasteiger partial charge in [-0.1, -0.05) is 42.5 Å². The molecule has 1 aliphatic heterocycles. The second-order valence-electron chi connectivity index (χ2n) is 6.53. The van der Waals surface area contributed by atoms with Gasteiger partial charge in [-0.15, -0.1) is 0 Å². The minimum Gasteiger partial charge on any atom is -0.394 e. The first kappa shape index (κ1) is 16.7. The molecule has 0 bridgehead atoms. The van der Waals surface area contributed by atoms with Gasteiger partial charge in [-0.25, -0.2) is 9.37 Å². The molecule has 2 aromatic carbocycles. The molecule has 0 radical (unpaired) electrons. The van der Waals surface area contributed by atoms with Gasteiger partial charge >= 0.3 is 0 Å². The fraction of sp³-hybridized carbons (Fsp3) is 0.238. The van der Waals surface area contributed by atoms with E-state index < -0.39 is 5.82 Å². The number of nitrogens with zero attached hydrogens (tertiary/aromatic N) is 2. The average Bonchev–Trinajstić information content (AvgIpc) is 3.16. The van der Waals surface area contributed by atoms with Crippen molar-refractivity contribution in [1.82, 2.24) is 9.88 Å². The molecule has 2 heterocycles. The summed E-state index contributed by atoms with van der Waals surface area (Å²) in [6.45, 7) is 0.540. The zero-order valence-electron chi connectivity index (χ0n) is 14.2. The van der Waals surface area contributed by atoms with Gasteiger partial charge in [0.2, 0.25) is 0 Å². The quantitative estimate of drug-likeness (QED) is 0.785. The van der Waals surface area contributed by atoms with E-state index in [9.17, 15) is 14.3 Å². The Morgan fingerprint density at radius 3 is 2.77 bits per heavy atom. The molecule has 132 valence electrons. The van der Waals surface area contributed by atoms with Gasteiger partial charge in [-0.2, -0.15) is 0 Å². The van der Waals surface area contributed by atoms with Crippen LogP contribution in [-0.4, -0.2) is 40.1 Å². The Morgan fingerprint density at radius 1 is 1.19 bits per heavy atom. The molecule has 1 aliphatic rings. The summed E-state index contributed by atoms with van der Waals surface area (Å²) in [6, 6.07) is 15.6. The van der Waals surface area contributed by atoms with Crippen molar-refractivity contribution in [2.45, 2.75) is 18.9 Å². The van der Waals surface area contributed by atoms with Crippen molar-refractivity contribution in [3.8, 4) is 11.3 Å². The van der Waals surface area contributed by atoms with E-state index >= 15 is 0 Å². The third kappa shape index (κ3) is 2.84. The van der Waals surface area contributed by atoms with Gasteiger partial charge in [0.25, 0.3) is 5.91 Å². The molecule has 4 rings (SSSR count). The number of hydrogen-bond acceptors (Lipinski definition) is 3. The number of likely N-dealkylation sites (tertiary alicyclic amines) is 1. The molecule has 1 saturated heterocycles. The van der Waals surface area contributed by atoms with Crippen molar-refractivity contribution in [3.63, 3.8) is 0 Å². The fourth-order valence-electron chi connectivity index (χ4n) is 3.59. The molecule has 0 saturated carbocycles. The summed E-state index contributed by atoms with van der Waals surface area (Å²) in [7, 11) is 0. The van der Waals surface area contributed by atoms with Crippen LogP contribution in [0.25, 0.3) is 22.2 Å². The van der Waals surface area contributed by atoms with E-state index in [1.54, 1.807) is 23.1 Å². The second kappa shape index (κ2) is 6.84. The largest absolute Gasteiger partial charge is 0.394 e. The molecular formula is C21H19FN2O2. The third-order valence-corrected chi connectivity index (χ3v) is 4.94. The summed E-state index contributed by atoms with van der Waals surface area (Å²) in [6.07, 6.45) is 1.64. The zero-order chi connectivity index (χ0) is 18.1. The lowest BCUT2D eigenvalue weighted by molar-refractivity contribution is 0.0679. The summed E-state index contributed by atoms with van der Waals surface area (Å²) in [5, 5.41) is 10.1. The molecule has 0 spiro atoms. The van der Waals surface area contributed by atoms with Crippen LogP contribution >= 0.6 is 0 Å². The number of para-hydroxylation sites is 1. The average molecular weight is 350 g/mol. The molecule has 1 fully saturated rings. The minimum atomic E-state index is -0.450. The first-order valence-electron chi connectivity index (χ1n) is 8.75. The highest BCUT2D eigenvalue weighted by Crippen LogP contribution is 2.29. The van der Waals surface area contributed by atoms with Crippen LogP contribution in [0.3, 0.4) is 0 Å². The molecule has 5 heteroatoms. The first-order valence-corrected chi connectivity index (χ1v) is 8.75. The van der Waals surface area contributed by atoms with Crippen LogP contribution in [-0.2, 0) is 0 Å². The lowest BCUT2D eigenvalue weighted by Crippen LogP contribution is -2.37. The zero-order valence-corrected chi connectivity index (χ0v) is 14.2. The lowest BCUT2D eigenvalue weighted by Gasteiger charge is -2.24. The normalized spacial score (nSPS) is 17.0. The number of halogens is 1. The first-order chi connectivity index (χ1) is 12.7. The van der Waals surface area contributed by atoms with E-state index in [0.717, 1.165) is 18.4 Å². The fourth-order valence-corrected chi connectivity index (χ4v) is 3.59. The summed E-state index contributed by atoms with van der Waals surface area (Å²) in [5.41, 5.74) is 2.00. The van der Waals surface area contributed by atoms with Crippen LogP contribution in [0.15, 0.2) is 54.6 Å². The molecule has 3 aromatic rings. The van der Waals surface area contributed by atoms with Crippen LogP contribution in [0.4, 0.5) is 4.39 Å². The number of hydrogen-bond donors (Lipinski definition) is 1. The number of aromatic nitrogens is 1. The van der Waals surface area contributed by atoms with Crippen molar-refractivity contribution in [3.05, 3.63) is 66.0 Å². The van der Waals surface area contributed by atoms with E-state index in [-0.39, 0.29) is 24.1 Å². The van der Waals surface area contributed by atoms with Gasteiger partial charge < -0.3 is 10.0 Å². The van der Waals surface area contributed by atoms with Gasteiger partial charge in [-0.3, -0.25) is 4.79 Å². The predicted molar refractivity (Wildman–Crippen MR) is 98.3 cm³/mol. The van der Waals surface area contributed by atoms with Gasteiger partial charge in [-0.05, 0) is 25.0 Å². The Hall–Kier alpha value is -2.79.